The highest BCUT2D eigenvalue weighted by atomic mass is 16.6. The van der Waals surface area contributed by atoms with Crippen molar-refractivity contribution in [3.05, 3.63) is 12.2 Å². The van der Waals surface area contributed by atoms with Crippen molar-refractivity contribution in [1.82, 2.24) is 0 Å². The average molecular weight is 384 g/mol. The molecule has 1 N–H and O–H groups in total. The smallest absolute Gasteiger partial charge is 0.417 e. The molecule has 7 heteroatoms. The maximum Gasteiger partial charge on any atom is 0.417 e. The van der Waals surface area contributed by atoms with E-state index >= 15 is 0 Å². The molecule has 1 aliphatic heterocycles. The quantitative estimate of drug-likeness (QED) is 0.222. The second-order valence-corrected chi connectivity index (χ2v) is 6.40. The molecule has 1 rings (SSSR count). The van der Waals surface area contributed by atoms with Crippen molar-refractivity contribution in [2.24, 2.45) is 0 Å². The maximum absolute atomic E-state index is 10.6. The SMILES string of the molecule is CCCCCCCCCCCCCCOC(=O)C(=O)O.O=C1C=CC(=O)O1. The first kappa shape index (κ1) is 24.8. The lowest BCUT2D eigenvalue weighted by Crippen LogP contribution is -2.16. The minimum Gasteiger partial charge on any atom is -0.473 e. The first-order chi connectivity index (χ1) is 13.0. The van der Waals surface area contributed by atoms with Crippen LogP contribution in [0.1, 0.15) is 84.0 Å². The number of ether oxygens (including phenoxy) is 2. The van der Waals surface area contributed by atoms with Crippen LogP contribution in [-0.2, 0) is 28.7 Å². The zero-order valence-electron chi connectivity index (χ0n) is 16.2. The van der Waals surface area contributed by atoms with Crippen molar-refractivity contribution in [2.45, 2.75) is 84.0 Å². The molecular formula is C20H32O7. The molecule has 0 spiro atoms. The number of unbranched alkanes of at least 4 members (excludes halogenated alkanes) is 11. The summed E-state index contributed by atoms with van der Waals surface area (Å²) in [7, 11) is 0. The van der Waals surface area contributed by atoms with Crippen LogP contribution < -0.4 is 0 Å². The Morgan fingerprint density at radius 3 is 1.56 bits per heavy atom. The topological polar surface area (TPSA) is 107 Å². The molecule has 0 saturated carbocycles. The highest BCUT2D eigenvalue weighted by molar-refractivity contribution is 6.28. The van der Waals surface area contributed by atoms with E-state index in [4.69, 9.17) is 5.11 Å². The molecule has 0 unspecified atom stereocenters. The van der Waals surface area contributed by atoms with Crippen molar-refractivity contribution >= 4 is 23.9 Å². The fourth-order valence-electron chi connectivity index (χ4n) is 2.47. The first-order valence-electron chi connectivity index (χ1n) is 9.81. The Labute approximate surface area is 161 Å². The Balaban J connectivity index is 0.000000797. The lowest BCUT2D eigenvalue weighted by Gasteiger charge is -2.03. The summed E-state index contributed by atoms with van der Waals surface area (Å²) in [6.07, 6.45) is 17.0. The number of esters is 3. The largest absolute Gasteiger partial charge is 0.473 e. The van der Waals surface area contributed by atoms with Gasteiger partial charge in [-0.3, -0.25) is 0 Å². The molecule has 0 aromatic carbocycles. The fourth-order valence-corrected chi connectivity index (χ4v) is 2.47. The third kappa shape index (κ3) is 17.0. The van der Waals surface area contributed by atoms with Crippen molar-refractivity contribution in [2.75, 3.05) is 6.61 Å². The van der Waals surface area contributed by atoms with Gasteiger partial charge < -0.3 is 14.6 Å². The molecule has 154 valence electrons. The van der Waals surface area contributed by atoms with Gasteiger partial charge in [-0.15, -0.1) is 0 Å². The van der Waals surface area contributed by atoms with Crippen LogP contribution in [0, 0.1) is 0 Å². The number of carbonyl (C=O) groups is 4. The Hall–Kier alpha value is -2.18. The molecule has 27 heavy (non-hydrogen) atoms. The van der Waals surface area contributed by atoms with Crippen molar-refractivity contribution in [1.29, 1.82) is 0 Å². The molecule has 0 atom stereocenters. The molecule has 0 amide bonds. The van der Waals surface area contributed by atoms with Crippen molar-refractivity contribution < 1.29 is 33.8 Å². The number of rotatable bonds is 13. The third-order valence-electron chi connectivity index (χ3n) is 3.96. The summed E-state index contributed by atoms with van der Waals surface area (Å²) >= 11 is 0. The molecule has 0 aliphatic carbocycles. The molecule has 0 radical (unpaired) electrons. The average Bonchev–Trinajstić information content (AvgIpc) is 3.02. The molecule has 0 saturated heterocycles. The summed E-state index contributed by atoms with van der Waals surface area (Å²) in [5, 5.41) is 8.30. The summed E-state index contributed by atoms with van der Waals surface area (Å²) in [4.78, 5) is 40.6. The van der Waals surface area contributed by atoms with E-state index in [0.29, 0.717) is 0 Å². The van der Waals surface area contributed by atoms with Crippen LogP contribution in [0.3, 0.4) is 0 Å². The Kier molecular flexibility index (Phi) is 15.9. The van der Waals surface area contributed by atoms with Gasteiger partial charge in [-0.25, -0.2) is 19.2 Å². The molecule has 0 aromatic rings. The van der Waals surface area contributed by atoms with Crippen LogP contribution in [-0.4, -0.2) is 35.6 Å². The molecule has 1 aliphatic rings. The van der Waals surface area contributed by atoms with E-state index in [-0.39, 0.29) is 6.61 Å². The van der Waals surface area contributed by atoms with Crippen LogP contribution in [0.15, 0.2) is 12.2 Å². The third-order valence-corrected chi connectivity index (χ3v) is 3.96. The summed E-state index contributed by atoms with van der Waals surface area (Å²) < 4.78 is 8.53. The van der Waals surface area contributed by atoms with Gasteiger partial charge in [0.05, 0.1) is 6.61 Å². The molecular weight excluding hydrogens is 352 g/mol. The van der Waals surface area contributed by atoms with Gasteiger partial charge in [-0.2, -0.15) is 0 Å². The summed E-state index contributed by atoms with van der Waals surface area (Å²) in [5.74, 6) is -3.81. The van der Waals surface area contributed by atoms with E-state index in [1.807, 2.05) is 0 Å². The monoisotopic (exact) mass is 384 g/mol. The minimum absolute atomic E-state index is 0.225. The second kappa shape index (κ2) is 17.2. The molecule has 7 nitrogen and oxygen atoms in total. The zero-order valence-corrected chi connectivity index (χ0v) is 16.2. The number of hydrogen-bond donors (Lipinski definition) is 1. The van der Waals surface area contributed by atoms with Crippen molar-refractivity contribution in [3.8, 4) is 0 Å². The first-order valence-corrected chi connectivity index (χ1v) is 9.81. The van der Waals surface area contributed by atoms with Crippen LogP contribution in [0.25, 0.3) is 0 Å². The minimum atomic E-state index is -1.51. The lowest BCUT2D eigenvalue weighted by molar-refractivity contribution is -0.163. The number of carboxylic acid groups (broad SMARTS) is 1. The van der Waals surface area contributed by atoms with E-state index < -0.39 is 23.9 Å². The lowest BCUT2D eigenvalue weighted by atomic mass is 10.1. The normalized spacial score (nSPS) is 12.3. The van der Waals surface area contributed by atoms with Gasteiger partial charge >= 0.3 is 23.9 Å². The Morgan fingerprint density at radius 1 is 0.815 bits per heavy atom. The highest BCUT2D eigenvalue weighted by Gasteiger charge is 2.11. The Morgan fingerprint density at radius 2 is 1.22 bits per heavy atom. The summed E-state index contributed by atoms with van der Waals surface area (Å²) in [6, 6.07) is 0. The number of aliphatic carboxylic acids is 1. The number of carboxylic acids is 1. The van der Waals surface area contributed by atoms with Gasteiger partial charge in [-0.05, 0) is 6.42 Å². The summed E-state index contributed by atoms with van der Waals surface area (Å²) in [5.41, 5.74) is 0. The van der Waals surface area contributed by atoms with E-state index in [2.05, 4.69) is 16.4 Å². The maximum atomic E-state index is 10.6. The van der Waals surface area contributed by atoms with Gasteiger partial charge in [0.25, 0.3) is 0 Å². The molecule has 0 bridgehead atoms. The van der Waals surface area contributed by atoms with Crippen LogP contribution in [0.4, 0.5) is 0 Å². The fraction of sp³-hybridized carbons (Fsp3) is 0.700. The predicted octanol–water partition coefficient (Wildman–Crippen LogP) is 3.94. The highest BCUT2D eigenvalue weighted by Crippen LogP contribution is 2.11. The molecule has 0 fully saturated rings. The van der Waals surface area contributed by atoms with E-state index in [1.54, 1.807) is 0 Å². The van der Waals surface area contributed by atoms with E-state index in [9.17, 15) is 19.2 Å². The van der Waals surface area contributed by atoms with Gasteiger partial charge in [0, 0.05) is 12.2 Å². The Bertz CT molecular complexity index is 467. The predicted molar refractivity (Wildman–Crippen MR) is 99.9 cm³/mol. The van der Waals surface area contributed by atoms with Gasteiger partial charge in [-0.1, -0.05) is 77.6 Å². The standard InChI is InChI=1S/C16H30O4.C4H2O3/c1-2-3-4-5-6-7-8-9-10-11-12-13-14-20-16(19)15(17)18;5-3-1-2-4(6)7-3/h2-14H2,1H3,(H,17,18);1-2H. The van der Waals surface area contributed by atoms with E-state index in [0.717, 1.165) is 31.4 Å². The summed E-state index contributed by atoms with van der Waals surface area (Å²) in [6.45, 7) is 2.46. The number of cyclic esters (lactones) is 2. The molecule has 0 aromatic heterocycles. The van der Waals surface area contributed by atoms with Crippen LogP contribution in [0.2, 0.25) is 0 Å². The van der Waals surface area contributed by atoms with Crippen LogP contribution in [0.5, 0.6) is 0 Å². The van der Waals surface area contributed by atoms with Gasteiger partial charge in [0.1, 0.15) is 0 Å². The van der Waals surface area contributed by atoms with Gasteiger partial charge in [0.15, 0.2) is 0 Å². The number of carbonyl (C=O) groups excluding carboxylic acids is 3. The zero-order chi connectivity index (χ0) is 20.3. The van der Waals surface area contributed by atoms with E-state index in [1.165, 1.54) is 57.8 Å². The second-order valence-electron chi connectivity index (χ2n) is 6.40. The van der Waals surface area contributed by atoms with Crippen LogP contribution >= 0.6 is 0 Å². The van der Waals surface area contributed by atoms with Crippen molar-refractivity contribution in [3.63, 3.8) is 0 Å². The molecule has 1 heterocycles. The van der Waals surface area contributed by atoms with Gasteiger partial charge in [0.2, 0.25) is 0 Å². The number of hydrogen-bond acceptors (Lipinski definition) is 6.